The zero-order valence-corrected chi connectivity index (χ0v) is 20.1. The lowest BCUT2D eigenvalue weighted by Gasteiger charge is -2.29. The van der Waals surface area contributed by atoms with E-state index < -0.39 is 0 Å². The Morgan fingerprint density at radius 2 is 1.96 bits per heavy atom. The number of aliphatic hydroxyl groups is 1. The van der Waals surface area contributed by atoms with Gasteiger partial charge in [-0.1, -0.05) is 27.7 Å². The molecular formula is C19H37IN4OS. The SMILES string of the molecule is CCNC(=NCC(CC)(CC)CCO)NCCc1csc(C(C)C)n1.I. The standard InChI is InChI=1S/C19H36N4OS.HI/c1-6-19(7-2,10-12-24)14-22-18(20-8-3)21-11-9-16-13-25-17(23-16)15(4)5;/h13,15,24H,6-12,14H2,1-5H3,(H2,20,21,22);1H. The Balaban J connectivity index is 0.00000625. The topological polar surface area (TPSA) is 69.5 Å². The molecule has 0 unspecified atom stereocenters. The van der Waals surface area contributed by atoms with Crippen LogP contribution >= 0.6 is 35.3 Å². The van der Waals surface area contributed by atoms with E-state index in [4.69, 9.17) is 4.99 Å². The zero-order valence-electron chi connectivity index (χ0n) is 17.0. The van der Waals surface area contributed by atoms with Crippen molar-refractivity contribution in [3.63, 3.8) is 0 Å². The number of hydrogen-bond acceptors (Lipinski definition) is 4. The second-order valence-corrected chi connectivity index (χ2v) is 7.77. The average Bonchev–Trinajstić information content (AvgIpc) is 3.08. The summed E-state index contributed by atoms with van der Waals surface area (Å²) in [6.45, 7) is 13.4. The molecule has 26 heavy (non-hydrogen) atoms. The van der Waals surface area contributed by atoms with Crippen molar-refractivity contribution in [3.05, 3.63) is 16.1 Å². The summed E-state index contributed by atoms with van der Waals surface area (Å²) >= 11 is 1.74. The van der Waals surface area contributed by atoms with Gasteiger partial charge in [0.2, 0.25) is 0 Å². The number of nitrogens with one attached hydrogen (secondary N) is 2. The smallest absolute Gasteiger partial charge is 0.191 e. The number of aromatic nitrogens is 1. The van der Waals surface area contributed by atoms with Gasteiger partial charge in [0.05, 0.1) is 10.7 Å². The molecular weight excluding hydrogens is 459 g/mol. The quantitative estimate of drug-likeness (QED) is 0.244. The van der Waals surface area contributed by atoms with Crippen LogP contribution in [0.2, 0.25) is 0 Å². The van der Waals surface area contributed by atoms with Gasteiger partial charge in [-0.3, -0.25) is 4.99 Å². The second-order valence-electron chi connectivity index (χ2n) is 6.88. The minimum Gasteiger partial charge on any atom is -0.396 e. The van der Waals surface area contributed by atoms with E-state index >= 15 is 0 Å². The highest BCUT2D eigenvalue weighted by molar-refractivity contribution is 14.0. The van der Waals surface area contributed by atoms with Crippen LogP contribution in [0.15, 0.2) is 10.4 Å². The number of guanidine groups is 1. The maximum Gasteiger partial charge on any atom is 0.191 e. The van der Waals surface area contributed by atoms with Crippen molar-refractivity contribution in [3.8, 4) is 0 Å². The first kappa shape index (κ1) is 25.6. The lowest BCUT2D eigenvalue weighted by molar-refractivity contribution is 0.175. The van der Waals surface area contributed by atoms with Crippen molar-refractivity contribution >= 4 is 41.3 Å². The number of halogens is 1. The second kappa shape index (κ2) is 13.7. The Kier molecular flexibility index (Phi) is 13.5. The highest BCUT2D eigenvalue weighted by Gasteiger charge is 2.25. The lowest BCUT2D eigenvalue weighted by Crippen LogP contribution is -2.39. The molecule has 0 aliphatic carbocycles. The highest BCUT2D eigenvalue weighted by Crippen LogP contribution is 2.30. The first-order valence-corrected chi connectivity index (χ1v) is 10.5. The maximum atomic E-state index is 9.36. The van der Waals surface area contributed by atoms with Gasteiger partial charge < -0.3 is 15.7 Å². The van der Waals surface area contributed by atoms with Gasteiger partial charge in [0, 0.05) is 44.0 Å². The third-order valence-electron chi connectivity index (χ3n) is 4.80. The van der Waals surface area contributed by atoms with Crippen molar-refractivity contribution in [2.75, 3.05) is 26.2 Å². The van der Waals surface area contributed by atoms with E-state index in [2.05, 4.69) is 55.6 Å². The molecule has 0 saturated heterocycles. The molecule has 0 fully saturated rings. The van der Waals surface area contributed by atoms with Gasteiger partial charge in [-0.15, -0.1) is 35.3 Å². The number of aliphatic imine (C=N–C) groups is 1. The average molecular weight is 497 g/mol. The Labute approximate surface area is 180 Å². The summed E-state index contributed by atoms with van der Waals surface area (Å²) in [4.78, 5) is 9.46. The third-order valence-corrected chi connectivity index (χ3v) is 5.99. The van der Waals surface area contributed by atoms with Gasteiger partial charge in [0.1, 0.15) is 0 Å². The van der Waals surface area contributed by atoms with Crippen LogP contribution < -0.4 is 10.6 Å². The van der Waals surface area contributed by atoms with Gasteiger partial charge in [0.25, 0.3) is 0 Å². The van der Waals surface area contributed by atoms with Crippen LogP contribution in [-0.2, 0) is 6.42 Å². The van der Waals surface area contributed by atoms with Crippen LogP contribution in [0, 0.1) is 5.41 Å². The summed E-state index contributed by atoms with van der Waals surface area (Å²) in [5.41, 5.74) is 1.24. The summed E-state index contributed by atoms with van der Waals surface area (Å²) in [5.74, 6) is 1.35. The van der Waals surface area contributed by atoms with E-state index in [-0.39, 0.29) is 36.0 Å². The van der Waals surface area contributed by atoms with Crippen molar-refractivity contribution in [1.29, 1.82) is 0 Å². The van der Waals surface area contributed by atoms with Gasteiger partial charge in [-0.2, -0.15) is 0 Å². The molecule has 5 nitrogen and oxygen atoms in total. The molecule has 0 aliphatic heterocycles. The molecule has 1 heterocycles. The fourth-order valence-corrected chi connectivity index (χ4v) is 3.61. The number of rotatable bonds is 11. The molecule has 0 spiro atoms. The number of aliphatic hydroxyl groups excluding tert-OH is 1. The normalized spacial score (nSPS) is 12.2. The van der Waals surface area contributed by atoms with Crippen molar-refractivity contribution < 1.29 is 5.11 Å². The first-order chi connectivity index (χ1) is 12.0. The Morgan fingerprint density at radius 1 is 1.27 bits per heavy atom. The fourth-order valence-electron chi connectivity index (χ4n) is 2.74. The molecule has 3 N–H and O–H groups in total. The van der Waals surface area contributed by atoms with Gasteiger partial charge >= 0.3 is 0 Å². The van der Waals surface area contributed by atoms with Crippen LogP contribution in [0.3, 0.4) is 0 Å². The van der Waals surface area contributed by atoms with E-state index in [0.29, 0.717) is 5.92 Å². The molecule has 152 valence electrons. The predicted molar refractivity (Wildman–Crippen MR) is 124 cm³/mol. The van der Waals surface area contributed by atoms with Crippen LogP contribution in [0.25, 0.3) is 0 Å². The molecule has 0 bridgehead atoms. The van der Waals surface area contributed by atoms with E-state index in [1.807, 2.05) is 0 Å². The summed E-state index contributed by atoms with van der Waals surface area (Å²) in [6, 6.07) is 0. The molecule has 0 atom stereocenters. The number of thiazole rings is 1. The molecule has 0 saturated carbocycles. The van der Waals surface area contributed by atoms with Gasteiger partial charge in [0.15, 0.2) is 5.96 Å². The minimum atomic E-state index is 0. The molecule has 1 aromatic heterocycles. The van der Waals surface area contributed by atoms with Crippen LogP contribution in [0.1, 0.15) is 70.5 Å². The number of hydrogen-bond donors (Lipinski definition) is 3. The lowest BCUT2D eigenvalue weighted by atomic mass is 9.79. The van der Waals surface area contributed by atoms with Crippen LogP contribution in [-0.4, -0.2) is 42.3 Å². The minimum absolute atomic E-state index is 0. The fraction of sp³-hybridized carbons (Fsp3) is 0.789. The molecule has 0 aliphatic rings. The molecule has 1 rings (SSSR count). The monoisotopic (exact) mass is 496 g/mol. The Hall–Kier alpha value is -0.410. The van der Waals surface area contributed by atoms with Crippen molar-refractivity contribution in [2.45, 2.75) is 66.2 Å². The zero-order chi connectivity index (χ0) is 18.7. The van der Waals surface area contributed by atoms with E-state index in [0.717, 1.165) is 57.0 Å². The van der Waals surface area contributed by atoms with Gasteiger partial charge in [-0.05, 0) is 31.6 Å². The van der Waals surface area contributed by atoms with Crippen LogP contribution in [0.5, 0.6) is 0 Å². The summed E-state index contributed by atoms with van der Waals surface area (Å²) in [5, 5.41) is 19.4. The Bertz CT molecular complexity index is 515. The highest BCUT2D eigenvalue weighted by atomic mass is 127. The summed E-state index contributed by atoms with van der Waals surface area (Å²) < 4.78 is 0. The Morgan fingerprint density at radius 3 is 2.46 bits per heavy atom. The summed E-state index contributed by atoms with van der Waals surface area (Å²) in [7, 11) is 0. The molecule has 0 amide bonds. The van der Waals surface area contributed by atoms with E-state index in [1.54, 1.807) is 11.3 Å². The third kappa shape index (κ3) is 8.52. The molecule has 1 aromatic rings. The first-order valence-electron chi connectivity index (χ1n) is 9.57. The van der Waals surface area contributed by atoms with Crippen molar-refractivity contribution in [1.82, 2.24) is 15.6 Å². The van der Waals surface area contributed by atoms with Crippen molar-refractivity contribution in [2.24, 2.45) is 10.4 Å². The molecule has 0 aromatic carbocycles. The molecule has 7 heteroatoms. The summed E-state index contributed by atoms with van der Waals surface area (Å²) in [6.07, 6.45) is 3.77. The molecule has 0 radical (unpaired) electrons. The number of nitrogens with zero attached hydrogens (tertiary/aromatic N) is 2. The predicted octanol–water partition coefficient (Wildman–Crippen LogP) is 4.17. The van der Waals surface area contributed by atoms with Crippen LogP contribution in [0.4, 0.5) is 0 Å². The van der Waals surface area contributed by atoms with Gasteiger partial charge in [-0.25, -0.2) is 4.98 Å². The van der Waals surface area contributed by atoms with E-state index in [9.17, 15) is 5.11 Å². The van der Waals surface area contributed by atoms with E-state index in [1.165, 1.54) is 5.01 Å². The largest absolute Gasteiger partial charge is 0.396 e. The maximum absolute atomic E-state index is 9.36.